The van der Waals surface area contributed by atoms with Crippen LogP contribution in [0.25, 0.3) is 0 Å². The minimum atomic E-state index is -0.580. The molecule has 1 heterocycles. The summed E-state index contributed by atoms with van der Waals surface area (Å²) in [5.41, 5.74) is 1.72. The predicted molar refractivity (Wildman–Crippen MR) is 63.1 cm³/mol. The van der Waals surface area contributed by atoms with E-state index in [2.05, 4.69) is 11.1 Å². The van der Waals surface area contributed by atoms with Gasteiger partial charge in [0.15, 0.2) is 0 Å². The van der Waals surface area contributed by atoms with Crippen LogP contribution in [-0.4, -0.2) is 14.7 Å². The minimum Gasteiger partial charge on any atom is -0.385 e. The van der Waals surface area contributed by atoms with Gasteiger partial charge in [-0.3, -0.25) is 0 Å². The van der Waals surface area contributed by atoms with Crippen molar-refractivity contribution in [2.24, 2.45) is 0 Å². The standard InChI is InChI=1S/C13H13N3O/c1-10(17)13-15-6-7-16(13)9-12-4-2-11(8-14)3-5-12/h2-7,10,17H,9H2,1H3. The van der Waals surface area contributed by atoms with Gasteiger partial charge in [-0.2, -0.15) is 5.26 Å². The van der Waals surface area contributed by atoms with E-state index in [1.54, 1.807) is 25.3 Å². The second-order valence-electron chi connectivity index (χ2n) is 3.90. The molecule has 4 heteroatoms. The van der Waals surface area contributed by atoms with Crippen LogP contribution in [0.2, 0.25) is 0 Å². The smallest absolute Gasteiger partial charge is 0.137 e. The molecular formula is C13H13N3O. The Morgan fingerprint density at radius 2 is 2.12 bits per heavy atom. The summed E-state index contributed by atoms with van der Waals surface area (Å²) in [5.74, 6) is 0.648. The number of rotatable bonds is 3. The number of hydrogen-bond acceptors (Lipinski definition) is 3. The number of nitrogens with zero attached hydrogens (tertiary/aromatic N) is 3. The zero-order valence-corrected chi connectivity index (χ0v) is 9.54. The van der Waals surface area contributed by atoms with Crippen molar-refractivity contribution in [3.05, 3.63) is 53.6 Å². The molecule has 0 bridgehead atoms. The summed E-state index contributed by atoms with van der Waals surface area (Å²) >= 11 is 0. The quantitative estimate of drug-likeness (QED) is 0.870. The number of hydrogen-bond donors (Lipinski definition) is 1. The molecule has 0 radical (unpaired) electrons. The molecule has 1 N–H and O–H groups in total. The van der Waals surface area contributed by atoms with Crippen LogP contribution in [-0.2, 0) is 6.54 Å². The van der Waals surface area contributed by atoms with E-state index in [9.17, 15) is 5.11 Å². The van der Waals surface area contributed by atoms with Crippen molar-refractivity contribution >= 4 is 0 Å². The summed E-state index contributed by atoms with van der Waals surface area (Å²) < 4.78 is 1.89. The number of aromatic nitrogens is 2. The lowest BCUT2D eigenvalue weighted by atomic mass is 10.1. The summed E-state index contributed by atoms with van der Waals surface area (Å²) in [6.07, 6.45) is 2.93. The molecule has 0 saturated carbocycles. The van der Waals surface area contributed by atoms with Crippen molar-refractivity contribution in [3.8, 4) is 6.07 Å². The van der Waals surface area contributed by atoms with E-state index in [0.29, 0.717) is 17.9 Å². The third-order valence-corrected chi connectivity index (χ3v) is 2.56. The zero-order valence-electron chi connectivity index (χ0n) is 9.54. The Bertz CT molecular complexity index is 535. The molecule has 0 amide bonds. The first-order valence-electron chi connectivity index (χ1n) is 5.39. The summed E-state index contributed by atoms with van der Waals surface area (Å²) in [5, 5.41) is 18.2. The third kappa shape index (κ3) is 2.52. The molecule has 17 heavy (non-hydrogen) atoms. The van der Waals surface area contributed by atoms with E-state index in [-0.39, 0.29) is 0 Å². The van der Waals surface area contributed by atoms with Gasteiger partial charge in [0.05, 0.1) is 11.6 Å². The first kappa shape index (κ1) is 11.4. The van der Waals surface area contributed by atoms with E-state index >= 15 is 0 Å². The van der Waals surface area contributed by atoms with E-state index in [1.165, 1.54) is 0 Å². The van der Waals surface area contributed by atoms with Crippen LogP contribution in [0.1, 0.15) is 30.0 Å². The van der Waals surface area contributed by atoms with Gasteiger partial charge < -0.3 is 9.67 Å². The predicted octanol–water partition coefficient (Wildman–Crippen LogP) is 1.86. The SMILES string of the molecule is CC(O)c1nccn1Cc1ccc(C#N)cc1. The lowest BCUT2D eigenvalue weighted by Gasteiger charge is -2.09. The molecule has 0 fully saturated rings. The Morgan fingerprint density at radius 3 is 2.71 bits per heavy atom. The second kappa shape index (κ2) is 4.81. The van der Waals surface area contributed by atoms with E-state index in [4.69, 9.17) is 5.26 Å². The molecule has 0 aliphatic rings. The topological polar surface area (TPSA) is 61.8 Å². The number of benzene rings is 1. The van der Waals surface area contributed by atoms with Gasteiger partial charge in [-0.15, -0.1) is 0 Å². The maximum absolute atomic E-state index is 9.53. The Hall–Kier alpha value is -2.12. The molecule has 1 aromatic carbocycles. The third-order valence-electron chi connectivity index (χ3n) is 2.56. The van der Waals surface area contributed by atoms with Gasteiger partial charge >= 0.3 is 0 Å². The minimum absolute atomic E-state index is 0.580. The van der Waals surface area contributed by atoms with Gasteiger partial charge in [-0.25, -0.2) is 4.98 Å². The second-order valence-corrected chi connectivity index (χ2v) is 3.90. The maximum atomic E-state index is 9.53. The molecule has 1 aromatic heterocycles. The molecule has 86 valence electrons. The fourth-order valence-corrected chi connectivity index (χ4v) is 1.70. The van der Waals surface area contributed by atoms with Crippen molar-refractivity contribution in [1.82, 2.24) is 9.55 Å². The molecule has 2 aromatic rings. The molecule has 1 atom stereocenters. The van der Waals surface area contributed by atoms with E-state index < -0.39 is 6.10 Å². The largest absolute Gasteiger partial charge is 0.385 e. The fraction of sp³-hybridized carbons (Fsp3) is 0.231. The Morgan fingerprint density at radius 1 is 1.41 bits per heavy atom. The van der Waals surface area contributed by atoms with Gasteiger partial charge in [0, 0.05) is 18.9 Å². The Kier molecular flexibility index (Phi) is 3.22. The van der Waals surface area contributed by atoms with Crippen LogP contribution < -0.4 is 0 Å². The van der Waals surface area contributed by atoms with Crippen LogP contribution in [0.3, 0.4) is 0 Å². The van der Waals surface area contributed by atoms with Crippen LogP contribution in [0.4, 0.5) is 0 Å². The normalized spacial score (nSPS) is 12.1. The molecule has 1 unspecified atom stereocenters. The Labute approximate surface area is 99.8 Å². The molecule has 0 saturated heterocycles. The fourth-order valence-electron chi connectivity index (χ4n) is 1.70. The van der Waals surface area contributed by atoms with Crippen molar-refractivity contribution in [1.29, 1.82) is 5.26 Å². The van der Waals surface area contributed by atoms with Crippen molar-refractivity contribution in [3.63, 3.8) is 0 Å². The monoisotopic (exact) mass is 227 g/mol. The van der Waals surface area contributed by atoms with Gasteiger partial charge in [-0.05, 0) is 24.6 Å². The lowest BCUT2D eigenvalue weighted by Crippen LogP contribution is -2.07. The summed E-state index contributed by atoms with van der Waals surface area (Å²) in [6.45, 7) is 2.34. The number of aliphatic hydroxyl groups is 1. The van der Waals surface area contributed by atoms with Gasteiger partial charge in [0.1, 0.15) is 11.9 Å². The average molecular weight is 227 g/mol. The number of imidazole rings is 1. The molecule has 0 spiro atoms. The summed E-state index contributed by atoms with van der Waals surface area (Å²) in [6, 6.07) is 9.47. The van der Waals surface area contributed by atoms with Crippen molar-refractivity contribution in [2.45, 2.75) is 19.6 Å². The molecule has 0 aliphatic carbocycles. The van der Waals surface area contributed by atoms with Gasteiger partial charge in [-0.1, -0.05) is 12.1 Å². The maximum Gasteiger partial charge on any atom is 0.137 e. The van der Waals surface area contributed by atoms with Crippen LogP contribution in [0.5, 0.6) is 0 Å². The van der Waals surface area contributed by atoms with Crippen LogP contribution in [0, 0.1) is 11.3 Å². The highest BCUT2D eigenvalue weighted by molar-refractivity contribution is 5.31. The lowest BCUT2D eigenvalue weighted by molar-refractivity contribution is 0.184. The highest BCUT2D eigenvalue weighted by atomic mass is 16.3. The van der Waals surface area contributed by atoms with Crippen molar-refractivity contribution < 1.29 is 5.11 Å². The van der Waals surface area contributed by atoms with Crippen LogP contribution in [0.15, 0.2) is 36.7 Å². The average Bonchev–Trinajstić information content (AvgIpc) is 2.78. The first-order valence-corrected chi connectivity index (χ1v) is 5.39. The molecule has 0 aliphatic heterocycles. The van der Waals surface area contributed by atoms with Gasteiger partial charge in [0.2, 0.25) is 0 Å². The molecule has 2 rings (SSSR count). The highest BCUT2D eigenvalue weighted by Gasteiger charge is 2.08. The number of aliphatic hydroxyl groups excluding tert-OH is 1. The van der Waals surface area contributed by atoms with Crippen LogP contribution >= 0.6 is 0 Å². The first-order chi connectivity index (χ1) is 8.20. The molecular weight excluding hydrogens is 214 g/mol. The summed E-state index contributed by atoms with van der Waals surface area (Å²) in [7, 11) is 0. The van der Waals surface area contributed by atoms with E-state index in [0.717, 1.165) is 5.56 Å². The Balaban J connectivity index is 2.20. The van der Waals surface area contributed by atoms with Gasteiger partial charge in [0.25, 0.3) is 0 Å². The molecule has 4 nitrogen and oxygen atoms in total. The van der Waals surface area contributed by atoms with Crippen molar-refractivity contribution in [2.75, 3.05) is 0 Å². The summed E-state index contributed by atoms with van der Waals surface area (Å²) in [4.78, 5) is 4.11. The highest BCUT2D eigenvalue weighted by Crippen LogP contribution is 2.12. The van der Waals surface area contributed by atoms with E-state index in [1.807, 2.05) is 22.9 Å². The number of nitriles is 1. The zero-order chi connectivity index (χ0) is 12.3.